The second kappa shape index (κ2) is 10.4. The van der Waals surface area contributed by atoms with E-state index in [9.17, 15) is 18.8 Å². The van der Waals surface area contributed by atoms with Crippen LogP contribution in [0.15, 0.2) is 77.7 Å². The van der Waals surface area contributed by atoms with Gasteiger partial charge in [0, 0.05) is 19.3 Å². The number of nitrogens with zero attached hydrogens (tertiary/aromatic N) is 3. The molecule has 0 atom stereocenters. The molecule has 0 spiro atoms. The van der Waals surface area contributed by atoms with Gasteiger partial charge in [0.05, 0.1) is 11.3 Å². The number of nitrogens with one attached hydrogen (secondary N) is 2. The molecule has 0 aliphatic heterocycles. The maximum Gasteiger partial charge on any atom is 0.350 e. The van der Waals surface area contributed by atoms with E-state index in [2.05, 4.69) is 15.7 Å². The van der Waals surface area contributed by atoms with Crippen LogP contribution in [0.25, 0.3) is 5.65 Å². The van der Waals surface area contributed by atoms with Gasteiger partial charge in [0.25, 0.3) is 11.8 Å². The number of para-hydroxylation sites is 2. The lowest BCUT2D eigenvalue weighted by atomic mass is 10.2. The van der Waals surface area contributed by atoms with E-state index in [1.807, 2.05) is 0 Å². The molecule has 10 heteroatoms. The Morgan fingerprint density at radius 1 is 1.00 bits per heavy atom. The number of hydrogen-bond donors (Lipinski definition) is 2. The number of fused-ring (bicyclic) bond motifs is 1. The quantitative estimate of drug-likeness (QED) is 0.371. The van der Waals surface area contributed by atoms with Crippen LogP contribution in [-0.2, 0) is 11.3 Å². The Bertz CT molecular complexity index is 1380. The molecule has 0 aliphatic rings. The highest BCUT2D eigenvalue weighted by Gasteiger charge is 2.14. The summed E-state index contributed by atoms with van der Waals surface area (Å²) in [4.78, 5) is 37.0. The summed E-state index contributed by atoms with van der Waals surface area (Å²) >= 11 is 0. The van der Waals surface area contributed by atoms with Gasteiger partial charge in [-0.25, -0.2) is 13.9 Å². The Hall–Kier alpha value is -4.47. The Morgan fingerprint density at radius 2 is 1.76 bits per heavy atom. The number of anilines is 1. The number of amides is 2. The summed E-state index contributed by atoms with van der Waals surface area (Å²) in [6.45, 7) is 0.256. The van der Waals surface area contributed by atoms with Crippen LogP contribution in [0, 0.1) is 5.82 Å². The van der Waals surface area contributed by atoms with Crippen LogP contribution < -0.4 is 21.1 Å². The fourth-order valence-electron chi connectivity index (χ4n) is 3.31. The van der Waals surface area contributed by atoms with Crippen molar-refractivity contribution in [1.29, 1.82) is 0 Å². The number of rotatable bonds is 9. The van der Waals surface area contributed by atoms with Crippen LogP contribution in [0.3, 0.4) is 0 Å². The molecule has 0 saturated heterocycles. The van der Waals surface area contributed by atoms with Gasteiger partial charge in [-0.2, -0.15) is 0 Å². The number of aryl methyl sites for hydroxylation is 1. The van der Waals surface area contributed by atoms with Crippen molar-refractivity contribution in [3.63, 3.8) is 0 Å². The average Bonchev–Trinajstić information content (AvgIpc) is 3.17. The third-order valence-corrected chi connectivity index (χ3v) is 4.96. The molecule has 0 saturated carbocycles. The lowest BCUT2D eigenvalue weighted by Crippen LogP contribution is -2.28. The zero-order chi connectivity index (χ0) is 23.9. The molecule has 2 aromatic carbocycles. The summed E-state index contributed by atoms with van der Waals surface area (Å²) in [5, 5.41) is 9.45. The van der Waals surface area contributed by atoms with Crippen molar-refractivity contribution in [2.45, 2.75) is 13.0 Å². The monoisotopic (exact) mass is 463 g/mol. The molecule has 0 fully saturated rings. The molecule has 4 rings (SSSR count). The summed E-state index contributed by atoms with van der Waals surface area (Å²) in [7, 11) is 0. The Balaban J connectivity index is 1.29. The van der Waals surface area contributed by atoms with Crippen molar-refractivity contribution in [3.05, 3.63) is 94.8 Å². The van der Waals surface area contributed by atoms with Crippen LogP contribution in [0.1, 0.15) is 16.8 Å². The first-order valence-electron chi connectivity index (χ1n) is 10.6. The Kier molecular flexibility index (Phi) is 6.97. The van der Waals surface area contributed by atoms with E-state index in [0.717, 1.165) is 0 Å². The number of aromatic nitrogens is 3. The highest BCUT2D eigenvalue weighted by atomic mass is 19.1. The number of halogens is 1. The molecule has 2 heterocycles. The van der Waals surface area contributed by atoms with Crippen molar-refractivity contribution < 1.29 is 18.7 Å². The molecule has 0 unspecified atom stereocenters. The van der Waals surface area contributed by atoms with Crippen LogP contribution in [-0.4, -0.2) is 39.1 Å². The van der Waals surface area contributed by atoms with E-state index in [1.54, 1.807) is 54.7 Å². The first-order chi connectivity index (χ1) is 16.5. The van der Waals surface area contributed by atoms with Crippen LogP contribution in [0.5, 0.6) is 5.75 Å². The minimum atomic E-state index is -0.557. The summed E-state index contributed by atoms with van der Waals surface area (Å²) in [6.07, 6.45) is 2.14. The summed E-state index contributed by atoms with van der Waals surface area (Å²) in [5.74, 6) is -1.27. The van der Waals surface area contributed by atoms with Gasteiger partial charge in [-0.15, -0.1) is 5.10 Å². The molecular formula is C24H22FN5O4. The van der Waals surface area contributed by atoms with Crippen molar-refractivity contribution in [2.24, 2.45) is 0 Å². The van der Waals surface area contributed by atoms with E-state index in [1.165, 1.54) is 27.3 Å². The highest BCUT2D eigenvalue weighted by molar-refractivity contribution is 5.97. The van der Waals surface area contributed by atoms with Gasteiger partial charge in [-0.05, 0) is 42.8 Å². The van der Waals surface area contributed by atoms with Gasteiger partial charge >= 0.3 is 5.69 Å². The number of ether oxygens (including phenoxy) is 1. The number of benzene rings is 2. The molecule has 34 heavy (non-hydrogen) atoms. The topological polar surface area (TPSA) is 107 Å². The normalized spacial score (nSPS) is 10.7. The maximum atomic E-state index is 13.7. The standard InChI is InChI=1S/C24H22FN5O4/c25-18-9-2-3-10-19(18)27-22(31)16-34-20-11-4-1-8-17(20)23(32)26-13-7-15-30-24(33)29-14-6-5-12-21(29)28-30/h1-6,8-12,14H,7,13,15-16H2,(H,26,32)(H,27,31). The third-order valence-electron chi connectivity index (χ3n) is 4.96. The fourth-order valence-corrected chi connectivity index (χ4v) is 3.31. The molecule has 2 N–H and O–H groups in total. The van der Waals surface area contributed by atoms with Gasteiger partial charge in [0.2, 0.25) is 0 Å². The molecular weight excluding hydrogens is 441 g/mol. The van der Waals surface area contributed by atoms with Crippen LogP contribution in [0.2, 0.25) is 0 Å². The zero-order valence-corrected chi connectivity index (χ0v) is 18.1. The molecule has 0 bridgehead atoms. The highest BCUT2D eigenvalue weighted by Crippen LogP contribution is 2.18. The second-order valence-corrected chi connectivity index (χ2v) is 7.36. The summed E-state index contributed by atoms with van der Waals surface area (Å²) in [6, 6.07) is 17.6. The van der Waals surface area contributed by atoms with E-state index < -0.39 is 18.3 Å². The Morgan fingerprint density at radius 3 is 2.59 bits per heavy atom. The van der Waals surface area contributed by atoms with E-state index in [4.69, 9.17) is 4.74 Å². The SMILES string of the molecule is O=C(COc1ccccc1C(=O)NCCCn1nc2ccccn2c1=O)Nc1ccccc1F. The number of carbonyl (C=O) groups is 2. The van der Waals surface area contributed by atoms with Crippen LogP contribution in [0.4, 0.5) is 10.1 Å². The first kappa shape index (κ1) is 22.7. The van der Waals surface area contributed by atoms with Crippen molar-refractivity contribution in [2.75, 3.05) is 18.5 Å². The van der Waals surface area contributed by atoms with Crippen molar-refractivity contribution in [3.8, 4) is 5.75 Å². The minimum absolute atomic E-state index is 0.0480. The molecule has 9 nitrogen and oxygen atoms in total. The van der Waals surface area contributed by atoms with Gasteiger partial charge in [-0.3, -0.25) is 14.0 Å². The van der Waals surface area contributed by atoms with Gasteiger partial charge in [0.1, 0.15) is 11.6 Å². The molecule has 2 amide bonds. The Labute approximate surface area is 193 Å². The van der Waals surface area contributed by atoms with Crippen molar-refractivity contribution >= 4 is 23.1 Å². The van der Waals surface area contributed by atoms with Gasteiger partial charge < -0.3 is 15.4 Å². The summed E-state index contributed by atoms with van der Waals surface area (Å²) in [5.41, 5.74) is 0.619. The first-order valence-corrected chi connectivity index (χ1v) is 10.6. The van der Waals surface area contributed by atoms with Gasteiger partial charge in [0.15, 0.2) is 12.3 Å². The van der Waals surface area contributed by atoms with Crippen LogP contribution >= 0.6 is 0 Å². The van der Waals surface area contributed by atoms with Gasteiger partial charge in [-0.1, -0.05) is 30.3 Å². The van der Waals surface area contributed by atoms with E-state index >= 15 is 0 Å². The molecule has 0 radical (unpaired) electrons. The molecule has 2 aromatic heterocycles. The predicted molar refractivity (Wildman–Crippen MR) is 123 cm³/mol. The van der Waals surface area contributed by atoms with E-state index in [-0.39, 0.29) is 28.6 Å². The fraction of sp³-hybridized carbons (Fsp3) is 0.167. The van der Waals surface area contributed by atoms with Crippen molar-refractivity contribution in [1.82, 2.24) is 19.5 Å². The number of hydrogen-bond acceptors (Lipinski definition) is 5. The lowest BCUT2D eigenvalue weighted by molar-refractivity contribution is -0.118. The smallest absolute Gasteiger partial charge is 0.350 e. The number of pyridine rings is 1. The largest absolute Gasteiger partial charge is 0.483 e. The zero-order valence-electron chi connectivity index (χ0n) is 18.1. The third kappa shape index (κ3) is 5.29. The average molecular weight is 463 g/mol. The molecule has 4 aromatic rings. The second-order valence-electron chi connectivity index (χ2n) is 7.36. The molecule has 0 aliphatic carbocycles. The summed E-state index contributed by atoms with van der Waals surface area (Å²) < 4.78 is 22.0. The minimum Gasteiger partial charge on any atom is -0.483 e. The lowest BCUT2D eigenvalue weighted by Gasteiger charge is -2.12. The van der Waals surface area contributed by atoms with E-state index in [0.29, 0.717) is 25.2 Å². The molecule has 174 valence electrons. The number of carbonyl (C=O) groups excluding carboxylic acids is 2. The predicted octanol–water partition coefficient (Wildman–Crippen LogP) is 2.47. The maximum absolute atomic E-state index is 13.7.